The van der Waals surface area contributed by atoms with E-state index in [0.717, 1.165) is 5.56 Å². The number of piperidine rings is 1. The molecule has 102 valence electrons. The molecular weight excluding hydrogens is 242 g/mol. The van der Waals surface area contributed by atoms with Crippen molar-refractivity contribution < 1.29 is 14.3 Å². The molecule has 1 aliphatic rings. The predicted molar refractivity (Wildman–Crippen MR) is 71.6 cm³/mol. The van der Waals surface area contributed by atoms with Crippen molar-refractivity contribution in [2.45, 2.75) is 32.9 Å². The molecule has 0 aromatic heterocycles. The summed E-state index contributed by atoms with van der Waals surface area (Å²) in [5.74, 6) is 0.125. The van der Waals surface area contributed by atoms with Crippen LogP contribution in [0.15, 0.2) is 30.3 Å². The molecule has 1 aromatic rings. The van der Waals surface area contributed by atoms with Crippen LogP contribution in [0.4, 0.5) is 4.79 Å². The summed E-state index contributed by atoms with van der Waals surface area (Å²) < 4.78 is 5.30. The molecule has 1 saturated heterocycles. The molecule has 2 rings (SSSR count). The summed E-state index contributed by atoms with van der Waals surface area (Å²) >= 11 is 0. The quantitative estimate of drug-likeness (QED) is 0.822. The third kappa shape index (κ3) is 3.34. The van der Waals surface area contributed by atoms with Crippen molar-refractivity contribution in [3.05, 3.63) is 35.9 Å². The van der Waals surface area contributed by atoms with E-state index in [2.05, 4.69) is 0 Å². The van der Waals surface area contributed by atoms with Gasteiger partial charge in [-0.25, -0.2) is 4.79 Å². The van der Waals surface area contributed by atoms with Gasteiger partial charge in [-0.05, 0) is 12.5 Å². The number of hydrogen-bond acceptors (Lipinski definition) is 3. The van der Waals surface area contributed by atoms with Crippen LogP contribution in [-0.2, 0) is 16.1 Å². The molecule has 0 saturated carbocycles. The number of likely N-dealkylation sites (tertiary alicyclic amines) is 1. The molecule has 1 aliphatic heterocycles. The van der Waals surface area contributed by atoms with Crippen LogP contribution < -0.4 is 0 Å². The first-order valence-corrected chi connectivity index (χ1v) is 6.58. The van der Waals surface area contributed by atoms with Crippen LogP contribution in [0, 0.1) is 5.92 Å². The van der Waals surface area contributed by atoms with Crippen LogP contribution in [-0.4, -0.2) is 29.4 Å². The van der Waals surface area contributed by atoms with Crippen LogP contribution in [0.25, 0.3) is 0 Å². The number of Topliss-reactive ketones (excluding diaryl/α,β-unsaturated/α-hetero) is 1. The van der Waals surface area contributed by atoms with Crippen molar-refractivity contribution >= 4 is 11.9 Å². The summed E-state index contributed by atoms with van der Waals surface area (Å²) in [5.41, 5.74) is 0.963. The zero-order chi connectivity index (χ0) is 13.8. The van der Waals surface area contributed by atoms with E-state index in [1.165, 1.54) is 0 Å². The van der Waals surface area contributed by atoms with Gasteiger partial charge in [0.2, 0.25) is 0 Å². The van der Waals surface area contributed by atoms with Gasteiger partial charge < -0.3 is 9.64 Å². The van der Waals surface area contributed by atoms with E-state index >= 15 is 0 Å². The molecule has 4 heteroatoms. The molecule has 0 bridgehead atoms. The molecule has 0 N–H and O–H groups in total. The fourth-order valence-corrected chi connectivity index (χ4v) is 2.24. The average molecular weight is 261 g/mol. The number of amides is 1. The van der Waals surface area contributed by atoms with Crippen LogP contribution in [0.5, 0.6) is 0 Å². The Balaban J connectivity index is 1.91. The molecule has 1 amide bonds. The molecule has 4 nitrogen and oxygen atoms in total. The molecule has 0 unspecified atom stereocenters. The first-order chi connectivity index (χ1) is 9.08. The van der Waals surface area contributed by atoms with Crippen LogP contribution in [0.2, 0.25) is 0 Å². The van der Waals surface area contributed by atoms with E-state index in [0.29, 0.717) is 13.0 Å². The van der Waals surface area contributed by atoms with Crippen molar-refractivity contribution in [1.29, 1.82) is 0 Å². The number of nitrogens with zero attached hydrogens (tertiary/aromatic N) is 1. The Labute approximate surface area is 113 Å². The Hall–Kier alpha value is -1.84. The van der Waals surface area contributed by atoms with Gasteiger partial charge in [0.05, 0.1) is 0 Å². The Bertz CT molecular complexity index is 458. The molecule has 0 spiro atoms. The third-order valence-electron chi connectivity index (χ3n) is 3.49. The van der Waals surface area contributed by atoms with Gasteiger partial charge in [-0.3, -0.25) is 4.79 Å². The minimum absolute atomic E-state index is 0.0769. The fourth-order valence-electron chi connectivity index (χ4n) is 2.24. The highest BCUT2D eigenvalue weighted by Gasteiger charge is 2.32. The second-order valence-electron chi connectivity index (χ2n) is 5.11. The van der Waals surface area contributed by atoms with Gasteiger partial charge >= 0.3 is 6.09 Å². The minimum Gasteiger partial charge on any atom is -0.445 e. The molecule has 0 radical (unpaired) electrons. The number of carbonyl (C=O) groups excluding carboxylic acids is 2. The first kappa shape index (κ1) is 13.6. The van der Waals surface area contributed by atoms with Gasteiger partial charge in [0.15, 0.2) is 0 Å². The summed E-state index contributed by atoms with van der Waals surface area (Å²) in [5, 5.41) is 0. The van der Waals surface area contributed by atoms with E-state index in [1.807, 2.05) is 44.2 Å². The zero-order valence-electron chi connectivity index (χ0n) is 11.3. The smallest absolute Gasteiger partial charge is 0.410 e. The molecule has 2 atom stereocenters. The van der Waals surface area contributed by atoms with Crippen molar-refractivity contribution in [1.82, 2.24) is 4.90 Å². The summed E-state index contributed by atoms with van der Waals surface area (Å²) in [6.07, 6.45) is 0.0809. The van der Waals surface area contributed by atoms with E-state index in [-0.39, 0.29) is 30.4 Å². The minimum atomic E-state index is -0.337. The highest BCUT2D eigenvalue weighted by atomic mass is 16.6. The summed E-state index contributed by atoms with van der Waals surface area (Å²) in [7, 11) is 0. The van der Waals surface area contributed by atoms with E-state index in [9.17, 15) is 9.59 Å². The van der Waals surface area contributed by atoms with Gasteiger partial charge in [-0.2, -0.15) is 0 Å². The number of benzene rings is 1. The lowest BCUT2D eigenvalue weighted by molar-refractivity contribution is -0.126. The molecule has 1 heterocycles. The Kier molecular flexibility index (Phi) is 4.20. The summed E-state index contributed by atoms with van der Waals surface area (Å²) in [6.45, 7) is 4.46. The molecule has 19 heavy (non-hydrogen) atoms. The number of hydrogen-bond donors (Lipinski definition) is 0. The Morgan fingerprint density at radius 1 is 1.32 bits per heavy atom. The van der Waals surface area contributed by atoms with Crippen LogP contribution in [0.3, 0.4) is 0 Å². The normalized spacial score (nSPS) is 23.3. The van der Waals surface area contributed by atoms with E-state index < -0.39 is 0 Å². The van der Waals surface area contributed by atoms with Crippen molar-refractivity contribution in [2.24, 2.45) is 5.92 Å². The SMILES string of the molecule is C[C@@H]1CN(C(=O)OCc2ccccc2)[C@@H](C)CC1=O. The molecular formula is C15H19NO3. The van der Waals surface area contributed by atoms with E-state index in [4.69, 9.17) is 4.74 Å². The zero-order valence-corrected chi connectivity index (χ0v) is 11.3. The second kappa shape index (κ2) is 5.87. The number of carbonyl (C=O) groups is 2. The summed E-state index contributed by atoms with van der Waals surface area (Å²) in [4.78, 5) is 25.2. The summed E-state index contributed by atoms with van der Waals surface area (Å²) in [6, 6.07) is 9.50. The maximum absolute atomic E-state index is 12.0. The molecule has 1 fully saturated rings. The average Bonchev–Trinajstić information content (AvgIpc) is 2.41. The number of ketones is 1. The van der Waals surface area contributed by atoms with Gasteiger partial charge in [-0.1, -0.05) is 37.3 Å². The maximum atomic E-state index is 12.0. The van der Waals surface area contributed by atoms with Crippen molar-refractivity contribution in [3.8, 4) is 0 Å². The third-order valence-corrected chi connectivity index (χ3v) is 3.49. The highest BCUT2D eigenvalue weighted by Crippen LogP contribution is 2.19. The maximum Gasteiger partial charge on any atom is 0.410 e. The molecule has 1 aromatic carbocycles. The van der Waals surface area contributed by atoms with Crippen molar-refractivity contribution in [3.63, 3.8) is 0 Å². The number of rotatable bonds is 2. The number of ether oxygens (including phenoxy) is 1. The van der Waals surface area contributed by atoms with Gasteiger partial charge in [0.1, 0.15) is 12.4 Å². The Morgan fingerprint density at radius 2 is 2.00 bits per heavy atom. The lowest BCUT2D eigenvalue weighted by atomic mass is 9.94. The predicted octanol–water partition coefficient (Wildman–Crippen LogP) is 2.62. The largest absolute Gasteiger partial charge is 0.445 e. The van der Waals surface area contributed by atoms with E-state index in [1.54, 1.807) is 4.90 Å². The van der Waals surface area contributed by atoms with Gasteiger partial charge in [-0.15, -0.1) is 0 Å². The van der Waals surface area contributed by atoms with Crippen molar-refractivity contribution in [2.75, 3.05) is 6.54 Å². The lowest BCUT2D eigenvalue weighted by Gasteiger charge is -2.34. The standard InChI is InChI=1S/C15H19NO3/c1-11-9-16(12(2)8-14(11)17)15(18)19-10-13-6-4-3-5-7-13/h3-7,11-12H,8-10H2,1-2H3/t11-,12+/m1/s1. The second-order valence-corrected chi connectivity index (χ2v) is 5.11. The fraction of sp³-hybridized carbons (Fsp3) is 0.467. The van der Waals surface area contributed by atoms with Crippen LogP contribution in [0.1, 0.15) is 25.8 Å². The van der Waals surface area contributed by atoms with Crippen LogP contribution >= 0.6 is 0 Å². The lowest BCUT2D eigenvalue weighted by Crippen LogP contribution is -2.48. The topological polar surface area (TPSA) is 46.6 Å². The van der Waals surface area contributed by atoms with Gasteiger partial charge in [0.25, 0.3) is 0 Å². The monoisotopic (exact) mass is 261 g/mol. The highest BCUT2D eigenvalue weighted by molar-refractivity contribution is 5.84. The Morgan fingerprint density at radius 3 is 2.68 bits per heavy atom. The van der Waals surface area contributed by atoms with Gasteiger partial charge in [0, 0.05) is 24.9 Å². The first-order valence-electron chi connectivity index (χ1n) is 6.58. The molecule has 0 aliphatic carbocycles.